The summed E-state index contributed by atoms with van der Waals surface area (Å²) < 4.78 is 2.71. The molecule has 0 nitrogen and oxygen atoms in total. The van der Waals surface area contributed by atoms with Gasteiger partial charge in [-0.05, 0) is 0 Å². The third kappa shape index (κ3) is 3.67. The van der Waals surface area contributed by atoms with E-state index in [4.69, 9.17) is 0 Å². The summed E-state index contributed by atoms with van der Waals surface area (Å²) in [5, 5.41) is 0. The van der Waals surface area contributed by atoms with Crippen LogP contribution in [0.25, 0.3) is 0 Å². The monoisotopic (exact) mass is 394 g/mol. The molecule has 0 heterocycles. The zero-order valence-electron chi connectivity index (χ0n) is 7.54. The molecule has 66 valence electrons. The third-order valence-electron chi connectivity index (χ3n) is 1.64. The van der Waals surface area contributed by atoms with Gasteiger partial charge in [-0.1, -0.05) is 0 Å². The van der Waals surface area contributed by atoms with Crippen LogP contribution < -0.4 is 0 Å². The molecule has 0 radical (unpaired) electrons. The van der Waals surface area contributed by atoms with Gasteiger partial charge in [0, 0.05) is 0 Å². The molecule has 1 aromatic carbocycles. The summed E-state index contributed by atoms with van der Waals surface area (Å²) in [5.41, 5.74) is 3.08. The SMILES string of the molecule is C[Te]Cc1ccc(C[Te]C)cc1. The molecule has 0 bridgehead atoms. The molecular weight excluding hydrogens is 375 g/mol. The Morgan fingerprint density at radius 2 is 1.17 bits per heavy atom. The van der Waals surface area contributed by atoms with Gasteiger partial charge in [0.1, 0.15) is 0 Å². The Hall–Kier alpha value is 0.799. The molecule has 1 rings (SSSR count). The van der Waals surface area contributed by atoms with Crippen molar-refractivity contribution in [3.63, 3.8) is 0 Å². The maximum atomic E-state index is 2.36. The number of hydrogen-bond donors (Lipinski definition) is 0. The van der Waals surface area contributed by atoms with Gasteiger partial charge in [-0.15, -0.1) is 0 Å². The Morgan fingerprint density at radius 3 is 1.42 bits per heavy atom. The van der Waals surface area contributed by atoms with E-state index in [2.05, 4.69) is 34.2 Å². The molecule has 0 saturated heterocycles. The Balaban J connectivity index is 2.58. The maximum absolute atomic E-state index is 2.36. The van der Waals surface area contributed by atoms with E-state index in [0.717, 1.165) is 0 Å². The van der Waals surface area contributed by atoms with Crippen molar-refractivity contribution in [2.24, 2.45) is 0 Å². The van der Waals surface area contributed by atoms with Gasteiger partial charge in [-0.3, -0.25) is 0 Å². The molecule has 0 N–H and O–H groups in total. The minimum absolute atomic E-state index is 0.267. The molecule has 12 heavy (non-hydrogen) atoms. The number of benzene rings is 1. The molecule has 0 aliphatic carbocycles. The first-order chi connectivity index (χ1) is 5.86. The molecule has 0 aliphatic rings. The Kier molecular flexibility index (Phi) is 5.70. The Morgan fingerprint density at radius 1 is 0.833 bits per heavy atom. The van der Waals surface area contributed by atoms with Gasteiger partial charge in [0.05, 0.1) is 0 Å². The van der Waals surface area contributed by atoms with E-state index >= 15 is 0 Å². The van der Waals surface area contributed by atoms with Gasteiger partial charge in [0.25, 0.3) is 0 Å². The normalized spacial score (nSPS) is 10.2. The molecule has 0 fully saturated rings. The summed E-state index contributed by atoms with van der Waals surface area (Å²) in [6.45, 7) is 0. The molecular formula is C10H14Te2. The van der Waals surface area contributed by atoms with Crippen LogP contribution in [0.2, 0.25) is 9.94 Å². The van der Waals surface area contributed by atoms with Crippen LogP contribution in [0.3, 0.4) is 0 Å². The van der Waals surface area contributed by atoms with Gasteiger partial charge in [0.2, 0.25) is 0 Å². The van der Waals surface area contributed by atoms with Crippen molar-refractivity contribution in [2.45, 2.75) is 18.9 Å². The van der Waals surface area contributed by atoms with Crippen molar-refractivity contribution < 1.29 is 0 Å². The zero-order chi connectivity index (χ0) is 8.81. The first kappa shape index (κ1) is 10.9. The van der Waals surface area contributed by atoms with E-state index in [1.807, 2.05) is 0 Å². The van der Waals surface area contributed by atoms with E-state index in [0.29, 0.717) is 0 Å². The van der Waals surface area contributed by atoms with E-state index in [1.165, 1.54) is 8.94 Å². The fourth-order valence-corrected chi connectivity index (χ4v) is 4.07. The van der Waals surface area contributed by atoms with Gasteiger partial charge in [0.15, 0.2) is 0 Å². The summed E-state index contributed by atoms with van der Waals surface area (Å²) >= 11 is 0.535. The first-order valence-corrected chi connectivity index (χ1v) is 11.9. The van der Waals surface area contributed by atoms with Gasteiger partial charge in [-0.2, -0.15) is 0 Å². The topological polar surface area (TPSA) is 0 Å². The van der Waals surface area contributed by atoms with Crippen molar-refractivity contribution >= 4 is 41.8 Å². The second-order valence-electron chi connectivity index (χ2n) is 2.68. The molecule has 0 spiro atoms. The average molecular weight is 389 g/mol. The molecule has 0 amide bonds. The molecule has 0 saturated carbocycles. The van der Waals surface area contributed by atoms with Crippen molar-refractivity contribution in [3.8, 4) is 0 Å². The molecule has 0 unspecified atom stereocenters. The minimum atomic E-state index is 0.267. The standard InChI is InChI=1S/C10H14Te2/c1-11-7-9-3-5-10(6-4-9)8-12-2/h3-6H,7-8H2,1-2H3. The van der Waals surface area contributed by atoms with E-state index in [9.17, 15) is 0 Å². The van der Waals surface area contributed by atoms with Crippen LogP contribution in [0.15, 0.2) is 24.3 Å². The van der Waals surface area contributed by atoms with Crippen LogP contribution in [-0.2, 0) is 8.94 Å². The van der Waals surface area contributed by atoms with Crippen LogP contribution in [0.5, 0.6) is 0 Å². The van der Waals surface area contributed by atoms with Gasteiger partial charge >= 0.3 is 96.1 Å². The third-order valence-corrected chi connectivity index (χ3v) is 5.20. The van der Waals surface area contributed by atoms with Crippen LogP contribution in [-0.4, -0.2) is 41.8 Å². The Bertz CT molecular complexity index is 191. The van der Waals surface area contributed by atoms with Crippen molar-refractivity contribution in [3.05, 3.63) is 35.4 Å². The van der Waals surface area contributed by atoms with Crippen LogP contribution in [0, 0.1) is 0 Å². The van der Waals surface area contributed by atoms with Crippen LogP contribution in [0.4, 0.5) is 0 Å². The van der Waals surface area contributed by atoms with Crippen molar-refractivity contribution in [1.82, 2.24) is 0 Å². The van der Waals surface area contributed by atoms with Crippen LogP contribution >= 0.6 is 0 Å². The van der Waals surface area contributed by atoms with E-state index in [1.54, 1.807) is 11.1 Å². The average Bonchev–Trinajstić information content (AvgIpc) is 2.09. The summed E-state index contributed by atoms with van der Waals surface area (Å²) in [7, 11) is 0. The predicted octanol–water partition coefficient (Wildman–Crippen LogP) is 2.19. The second kappa shape index (κ2) is 6.28. The predicted molar refractivity (Wildman–Crippen MR) is 57.1 cm³/mol. The second-order valence-corrected chi connectivity index (χ2v) is 7.63. The summed E-state index contributed by atoms with van der Waals surface area (Å²) in [4.78, 5) is 4.72. The van der Waals surface area contributed by atoms with Gasteiger partial charge < -0.3 is 0 Å². The molecule has 0 atom stereocenters. The first-order valence-electron chi connectivity index (χ1n) is 3.92. The molecule has 0 aliphatic heterocycles. The van der Waals surface area contributed by atoms with Crippen molar-refractivity contribution in [1.29, 1.82) is 0 Å². The Labute approximate surface area is 95.3 Å². The summed E-state index contributed by atoms with van der Waals surface area (Å²) in [6.07, 6.45) is 0. The number of hydrogen-bond acceptors (Lipinski definition) is 0. The van der Waals surface area contributed by atoms with Gasteiger partial charge in [-0.25, -0.2) is 0 Å². The summed E-state index contributed by atoms with van der Waals surface area (Å²) in [6, 6.07) is 9.25. The molecule has 2 heteroatoms. The fraction of sp³-hybridized carbons (Fsp3) is 0.400. The van der Waals surface area contributed by atoms with Crippen molar-refractivity contribution in [2.75, 3.05) is 0 Å². The number of rotatable bonds is 4. The van der Waals surface area contributed by atoms with E-state index < -0.39 is 0 Å². The quantitative estimate of drug-likeness (QED) is 0.693. The molecule has 1 aromatic rings. The summed E-state index contributed by atoms with van der Waals surface area (Å²) in [5.74, 6) is 0. The van der Waals surface area contributed by atoms with E-state index in [-0.39, 0.29) is 41.8 Å². The molecule has 0 aromatic heterocycles. The fourth-order valence-electron chi connectivity index (χ4n) is 1.07. The van der Waals surface area contributed by atoms with Crippen LogP contribution in [0.1, 0.15) is 11.1 Å². The zero-order valence-corrected chi connectivity index (χ0v) is 12.2.